The van der Waals surface area contributed by atoms with E-state index in [2.05, 4.69) is 11.9 Å². The van der Waals surface area contributed by atoms with Gasteiger partial charge < -0.3 is 14.7 Å². The Hall–Kier alpha value is -1.62. The number of unbranched alkanes of at least 4 members (excludes halogenated alkanes) is 1. The largest absolute Gasteiger partial charge is 0.449 e. The molecule has 1 N–H and O–H groups in total. The lowest BCUT2D eigenvalue weighted by Crippen LogP contribution is -2.33. The van der Waals surface area contributed by atoms with E-state index in [0.717, 1.165) is 24.8 Å². The third-order valence-electron chi connectivity index (χ3n) is 3.74. The molecule has 5 heteroatoms. The molecule has 1 amide bonds. The summed E-state index contributed by atoms with van der Waals surface area (Å²) in [7, 11) is 0. The van der Waals surface area contributed by atoms with Crippen molar-refractivity contribution >= 4 is 6.09 Å². The lowest BCUT2D eigenvalue weighted by Gasteiger charge is -2.27. The highest BCUT2D eigenvalue weighted by atomic mass is 16.6. The zero-order valence-corrected chi connectivity index (χ0v) is 11.9. The summed E-state index contributed by atoms with van der Waals surface area (Å²) < 4.78 is 5.30. The Morgan fingerprint density at radius 2 is 2.45 bits per heavy atom. The summed E-state index contributed by atoms with van der Waals surface area (Å²) in [6.07, 6.45) is 5.84. The Balaban J connectivity index is 2.09. The standard InChI is InChI=1S/C15H22N2O3/c1-2-3-9-20-15(19)17-8-6-13(11-18)14(17)12-5-4-7-16-10-12/h4-5,7,10,13-14,18H,2-3,6,8-9,11H2,1H3. The highest BCUT2D eigenvalue weighted by Crippen LogP contribution is 2.37. The van der Waals surface area contributed by atoms with Crippen molar-refractivity contribution in [3.05, 3.63) is 30.1 Å². The van der Waals surface area contributed by atoms with Crippen molar-refractivity contribution in [1.29, 1.82) is 0 Å². The van der Waals surface area contributed by atoms with Gasteiger partial charge in [-0.3, -0.25) is 4.98 Å². The van der Waals surface area contributed by atoms with Crippen LogP contribution in [0.5, 0.6) is 0 Å². The SMILES string of the molecule is CCCCOC(=O)N1CCC(CO)C1c1cccnc1. The highest BCUT2D eigenvalue weighted by molar-refractivity contribution is 5.68. The molecular formula is C15H22N2O3. The van der Waals surface area contributed by atoms with Crippen LogP contribution in [0.1, 0.15) is 37.8 Å². The van der Waals surface area contributed by atoms with Gasteiger partial charge in [0.25, 0.3) is 0 Å². The summed E-state index contributed by atoms with van der Waals surface area (Å²) in [5.74, 6) is 0.0536. The van der Waals surface area contributed by atoms with Gasteiger partial charge in [0.1, 0.15) is 0 Å². The zero-order valence-electron chi connectivity index (χ0n) is 11.9. The summed E-state index contributed by atoms with van der Waals surface area (Å²) in [6, 6.07) is 3.66. The fourth-order valence-electron chi connectivity index (χ4n) is 2.64. The van der Waals surface area contributed by atoms with Crippen molar-refractivity contribution in [2.45, 2.75) is 32.2 Å². The van der Waals surface area contributed by atoms with Crippen LogP contribution < -0.4 is 0 Å². The number of hydrogen-bond donors (Lipinski definition) is 1. The normalized spacial score (nSPS) is 22.0. The summed E-state index contributed by atoms with van der Waals surface area (Å²) in [5.41, 5.74) is 0.955. The highest BCUT2D eigenvalue weighted by Gasteiger charge is 2.38. The van der Waals surface area contributed by atoms with Crippen LogP contribution in [0.2, 0.25) is 0 Å². The average Bonchev–Trinajstić information content (AvgIpc) is 2.92. The van der Waals surface area contributed by atoms with E-state index in [4.69, 9.17) is 4.74 Å². The monoisotopic (exact) mass is 278 g/mol. The molecule has 0 aromatic carbocycles. The molecular weight excluding hydrogens is 256 g/mol. The van der Waals surface area contributed by atoms with E-state index in [9.17, 15) is 9.90 Å². The third kappa shape index (κ3) is 3.28. The number of amides is 1. The van der Waals surface area contributed by atoms with E-state index >= 15 is 0 Å². The molecule has 1 aromatic heterocycles. The van der Waals surface area contributed by atoms with Crippen molar-refractivity contribution in [2.24, 2.45) is 5.92 Å². The molecule has 2 atom stereocenters. The molecule has 1 fully saturated rings. The molecule has 0 radical (unpaired) electrons. The van der Waals surface area contributed by atoms with Crippen LogP contribution in [0.3, 0.4) is 0 Å². The van der Waals surface area contributed by atoms with Gasteiger partial charge in [-0.2, -0.15) is 0 Å². The smallest absolute Gasteiger partial charge is 0.410 e. The van der Waals surface area contributed by atoms with E-state index < -0.39 is 0 Å². The zero-order chi connectivity index (χ0) is 14.4. The topological polar surface area (TPSA) is 62.7 Å². The number of aliphatic hydroxyl groups excluding tert-OH is 1. The molecule has 1 aromatic rings. The van der Waals surface area contributed by atoms with Crippen molar-refractivity contribution in [3.63, 3.8) is 0 Å². The molecule has 2 rings (SSSR count). The summed E-state index contributed by atoms with van der Waals surface area (Å²) in [4.78, 5) is 18.0. The van der Waals surface area contributed by atoms with Crippen molar-refractivity contribution in [2.75, 3.05) is 19.8 Å². The molecule has 1 aliphatic rings. The van der Waals surface area contributed by atoms with Gasteiger partial charge in [-0.15, -0.1) is 0 Å². The molecule has 110 valence electrons. The molecule has 2 unspecified atom stereocenters. The van der Waals surface area contributed by atoms with Gasteiger partial charge in [0.2, 0.25) is 0 Å². The van der Waals surface area contributed by atoms with Crippen LogP contribution in [0.15, 0.2) is 24.5 Å². The fourth-order valence-corrected chi connectivity index (χ4v) is 2.64. The van der Waals surface area contributed by atoms with Gasteiger partial charge in [0.15, 0.2) is 0 Å². The van der Waals surface area contributed by atoms with Crippen molar-refractivity contribution in [3.8, 4) is 0 Å². The molecule has 20 heavy (non-hydrogen) atoms. The molecule has 1 saturated heterocycles. The molecule has 0 saturated carbocycles. The van der Waals surface area contributed by atoms with Crippen LogP contribution >= 0.6 is 0 Å². The van der Waals surface area contributed by atoms with E-state index in [1.807, 2.05) is 12.1 Å². The van der Waals surface area contributed by atoms with Crippen LogP contribution in [0.4, 0.5) is 4.79 Å². The number of rotatable bonds is 5. The summed E-state index contributed by atoms with van der Waals surface area (Å²) >= 11 is 0. The quantitative estimate of drug-likeness (QED) is 0.840. The van der Waals surface area contributed by atoms with Crippen LogP contribution in [-0.4, -0.2) is 40.8 Å². The number of ether oxygens (including phenoxy) is 1. The minimum absolute atomic E-state index is 0.0536. The maximum atomic E-state index is 12.2. The molecule has 5 nitrogen and oxygen atoms in total. The van der Waals surface area contributed by atoms with Gasteiger partial charge in [-0.1, -0.05) is 19.4 Å². The third-order valence-corrected chi connectivity index (χ3v) is 3.74. The van der Waals surface area contributed by atoms with Gasteiger partial charge in [0, 0.05) is 31.5 Å². The molecule has 0 aliphatic carbocycles. The number of carbonyl (C=O) groups is 1. The maximum absolute atomic E-state index is 12.2. The average molecular weight is 278 g/mol. The van der Waals surface area contributed by atoms with Crippen LogP contribution in [0, 0.1) is 5.92 Å². The van der Waals surface area contributed by atoms with E-state index in [1.165, 1.54) is 0 Å². The Morgan fingerprint density at radius 1 is 1.60 bits per heavy atom. The predicted molar refractivity (Wildman–Crippen MR) is 75.1 cm³/mol. The Kier molecular flexibility index (Phi) is 5.35. The maximum Gasteiger partial charge on any atom is 0.410 e. The fraction of sp³-hybridized carbons (Fsp3) is 0.600. The predicted octanol–water partition coefficient (Wildman–Crippen LogP) is 2.37. The van der Waals surface area contributed by atoms with Crippen LogP contribution in [-0.2, 0) is 4.74 Å². The van der Waals surface area contributed by atoms with Crippen molar-refractivity contribution in [1.82, 2.24) is 9.88 Å². The Bertz CT molecular complexity index is 424. The number of nitrogens with zero attached hydrogens (tertiary/aromatic N) is 2. The summed E-state index contributed by atoms with van der Waals surface area (Å²) in [5, 5.41) is 9.51. The second-order valence-corrected chi connectivity index (χ2v) is 5.12. The van der Waals surface area contributed by atoms with Crippen molar-refractivity contribution < 1.29 is 14.6 Å². The van der Waals surface area contributed by atoms with Gasteiger partial charge in [-0.05, 0) is 24.5 Å². The first kappa shape index (κ1) is 14.8. The molecule has 2 heterocycles. The summed E-state index contributed by atoms with van der Waals surface area (Å²) in [6.45, 7) is 3.20. The first-order valence-corrected chi connectivity index (χ1v) is 7.22. The number of aromatic nitrogens is 1. The number of hydrogen-bond acceptors (Lipinski definition) is 4. The van der Waals surface area contributed by atoms with E-state index in [0.29, 0.717) is 13.2 Å². The van der Waals surface area contributed by atoms with Gasteiger partial charge in [0.05, 0.1) is 12.6 Å². The van der Waals surface area contributed by atoms with E-state index in [1.54, 1.807) is 17.3 Å². The minimum atomic E-state index is -0.289. The Labute approximate surface area is 119 Å². The lowest BCUT2D eigenvalue weighted by molar-refractivity contribution is 0.0880. The molecule has 1 aliphatic heterocycles. The second kappa shape index (κ2) is 7.24. The lowest BCUT2D eigenvalue weighted by atomic mass is 9.96. The van der Waals surface area contributed by atoms with E-state index in [-0.39, 0.29) is 24.7 Å². The number of carbonyl (C=O) groups excluding carboxylic acids is 1. The molecule has 0 bridgehead atoms. The molecule has 0 spiro atoms. The first-order valence-electron chi connectivity index (χ1n) is 7.22. The number of pyridine rings is 1. The van der Waals surface area contributed by atoms with Crippen LogP contribution in [0.25, 0.3) is 0 Å². The number of likely N-dealkylation sites (tertiary alicyclic amines) is 1. The Morgan fingerprint density at radius 3 is 3.10 bits per heavy atom. The first-order chi connectivity index (χ1) is 9.77. The van der Waals surface area contributed by atoms with Gasteiger partial charge in [-0.25, -0.2) is 4.79 Å². The number of aliphatic hydroxyl groups is 1. The van der Waals surface area contributed by atoms with Gasteiger partial charge >= 0.3 is 6.09 Å². The minimum Gasteiger partial charge on any atom is -0.449 e. The second-order valence-electron chi connectivity index (χ2n) is 5.12.